The summed E-state index contributed by atoms with van der Waals surface area (Å²) in [7, 11) is 0. The van der Waals surface area contributed by atoms with Gasteiger partial charge in [-0.1, -0.05) is 0 Å². The first kappa shape index (κ1) is 5.70. The van der Waals surface area contributed by atoms with Crippen LogP contribution in [0.4, 0.5) is 0 Å². The van der Waals surface area contributed by atoms with E-state index in [-0.39, 0.29) is 22.9 Å². The Balaban J connectivity index is 2.36. The molecule has 2 heteroatoms. The first-order valence-corrected chi connectivity index (χ1v) is 6.54. The molecule has 1 rings (SSSR count). The summed E-state index contributed by atoms with van der Waals surface area (Å²) in [5.74, 6) is 0. The van der Waals surface area contributed by atoms with Crippen molar-refractivity contribution in [3.8, 4) is 0 Å². The second kappa shape index (κ2) is 2.78. The summed E-state index contributed by atoms with van der Waals surface area (Å²) in [6, 6.07) is 0. The number of allylic oxidation sites excluding steroid dienone is 1. The molecule has 1 aliphatic rings. The molecule has 0 saturated heterocycles. The van der Waals surface area contributed by atoms with Crippen LogP contribution in [-0.4, -0.2) is 34.6 Å². The number of hydrogen-bond acceptors (Lipinski definition) is 1. The zero-order valence-corrected chi connectivity index (χ0v) is 7.52. The zero-order chi connectivity index (χ0) is 5.11. The van der Waals surface area contributed by atoms with Crippen LogP contribution in [0.3, 0.4) is 0 Å². The molecule has 0 amide bonds. The molecule has 0 aromatic carbocycles. The van der Waals surface area contributed by atoms with Gasteiger partial charge in [-0.3, -0.25) is 0 Å². The Morgan fingerprint density at radius 3 is 3.00 bits per heavy atom. The molecule has 1 N–H and O–H groups in total. The van der Waals surface area contributed by atoms with Crippen molar-refractivity contribution in [3.63, 3.8) is 0 Å². The van der Waals surface area contributed by atoms with Gasteiger partial charge in [0.2, 0.25) is 0 Å². The van der Waals surface area contributed by atoms with Crippen molar-refractivity contribution in [1.29, 1.82) is 0 Å². The van der Waals surface area contributed by atoms with Crippen molar-refractivity contribution in [2.45, 2.75) is 10.6 Å². The van der Waals surface area contributed by atoms with Gasteiger partial charge in [-0.15, -0.1) is 0 Å². The predicted molar refractivity (Wildman–Crippen MR) is 30.3 cm³/mol. The van der Waals surface area contributed by atoms with Gasteiger partial charge in [-0.2, -0.15) is 0 Å². The van der Waals surface area contributed by atoms with Crippen molar-refractivity contribution < 1.29 is 5.11 Å². The fourth-order valence-corrected chi connectivity index (χ4v) is 4.08. The quantitative estimate of drug-likeness (QED) is 0.647. The molecular formula is C5H8InO. The van der Waals surface area contributed by atoms with Crippen LogP contribution < -0.4 is 0 Å². The average molecular weight is 199 g/mol. The molecule has 0 aromatic heterocycles. The maximum atomic E-state index is 8.55. The Kier molecular flexibility index (Phi) is 2.26. The summed E-state index contributed by atoms with van der Waals surface area (Å²) >= 11 is -0.319. The van der Waals surface area contributed by atoms with Gasteiger partial charge in [-0.25, -0.2) is 0 Å². The second-order valence-electron chi connectivity index (χ2n) is 1.72. The predicted octanol–water partition coefficient (Wildman–Crippen LogP) is 0.389. The molecule has 0 spiro atoms. The van der Waals surface area contributed by atoms with Crippen LogP contribution in [0.2, 0.25) is 4.18 Å². The molecule has 0 bridgehead atoms. The number of aliphatic hydroxyl groups is 1. The molecule has 7 heavy (non-hydrogen) atoms. The van der Waals surface area contributed by atoms with Crippen LogP contribution in [0, 0.1) is 0 Å². The van der Waals surface area contributed by atoms with E-state index in [1.54, 1.807) is 0 Å². The van der Waals surface area contributed by atoms with E-state index in [1.807, 2.05) is 0 Å². The molecule has 37 valence electrons. The van der Waals surface area contributed by atoms with Crippen LogP contribution >= 0.6 is 0 Å². The maximum absolute atomic E-state index is 8.55. The van der Waals surface area contributed by atoms with Crippen LogP contribution in [0.5, 0.6) is 0 Å². The summed E-state index contributed by atoms with van der Waals surface area (Å²) in [4.78, 5) is 0. The van der Waals surface area contributed by atoms with Gasteiger partial charge in [0, 0.05) is 0 Å². The monoisotopic (exact) mass is 199 g/mol. The van der Waals surface area contributed by atoms with Gasteiger partial charge in [0.15, 0.2) is 0 Å². The van der Waals surface area contributed by atoms with Crippen LogP contribution in [-0.2, 0) is 0 Å². The van der Waals surface area contributed by atoms with E-state index in [2.05, 4.69) is 6.08 Å². The van der Waals surface area contributed by atoms with Gasteiger partial charge < -0.3 is 0 Å². The van der Waals surface area contributed by atoms with Crippen molar-refractivity contribution in [3.05, 3.63) is 9.41 Å². The van der Waals surface area contributed by atoms with Gasteiger partial charge in [-0.05, 0) is 0 Å². The third-order valence-electron chi connectivity index (χ3n) is 1.16. The Labute approximate surface area is 54.8 Å². The fourth-order valence-electron chi connectivity index (χ4n) is 0.750. The Morgan fingerprint density at radius 2 is 2.71 bits per heavy atom. The molecule has 1 aliphatic heterocycles. The molecule has 1 radical (unpaired) electrons. The van der Waals surface area contributed by atoms with Gasteiger partial charge in [0.25, 0.3) is 0 Å². The van der Waals surface area contributed by atoms with Gasteiger partial charge in [0.05, 0.1) is 0 Å². The van der Waals surface area contributed by atoms with E-state index in [4.69, 9.17) is 5.11 Å². The van der Waals surface area contributed by atoms with E-state index >= 15 is 0 Å². The van der Waals surface area contributed by atoms with Gasteiger partial charge in [0.1, 0.15) is 0 Å². The van der Waals surface area contributed by atoms with Crippen LogP contribution in [0.15, 0.2) is 9.41 Å². The molecule has 0 atom stereocenters. The number of aliphatic hydroxyl groups excluding tert-OH is 1. The van der Waals surface area contributed by atoms with Crippen LogP contribution in [0.25, 0.3) is 0 Å². The molecule has 0 unspecified atom stereocenters. The normalized spacial score (nSPS) is 18.7. The average Bonchev–Trinajstić information content (AvgIpc) is 2.14. The minimum absolute atomic E-state index is 0.319. The van der Waals surface area contributed by atoms with Gasteiger partial charge >= 0.3 is 54.6 Å². The summed E-state index contributed by atoms with van der Waals surface area (Å²) in [6.45, 7) is 0.362. The first-order valence-electron chi connectivity index (χ1n) is 2.56. The van der Waals surface area contributed by atoms with Crippen LogP contribution in [0.1, 0.15) is 6.42 Å². The standard InChI is InChI=1S/C5H8O.In/c1-2-3-4-5-6;/h3,6H,1-2,5H2;. The third-order valence-corrected chi connectivity index (χ3v) is 5.63. The molecule has 0 saturated carbocycles. The molecule has 0 fully saturated rings. The first-order chi connectivity index (χ1) is 3.43. The third kappa shape index (κ3) is 1.50. The van der Waals surface area contributed by atoms with Crippen molar-refractivity contribution in [2.75, 3.05) is 6.61 Å². The zero-order valence-electron chi connectivity index (χ0n) is 4.22. The summed E-state index contributed by atoms with van der Waals surface area (Å²) in [6.07, 6.45) is 3.47. The number of rotatable bonds is 1. The summed E-state index contributed by atoms with van der Waals surface area (Å²) < 4.78 is 2.85. The van der Waals surface area contributed by atoms with E-state index in [1.165, 1.54) is 13.9 Å². The van der Waals surface area contributed by atoms with Crippen molar-refractivity contribution >= 4 is 22.9 Å². The number of hydrogen-bond donors (Lipinski definition) is 1. The van der Waals surface area contributed by atoms with Crippen molar-refractivity contribution in [2.24, 2.45) is 0 Å². The Hall–Kier alpha value is 0.570. The molecule has 1 nitrogen and oxygen atoms in total. The Bertz CT molecular complexity index is 88.1. The van der Waals surface area contributed by atoms with E-state index in [0.29, 0.717) is 6.61 Å². The molecule has 0 aliphatic carbocycles. The van der Waals surface area contributed by atoms with E-state index in [9.17, 15) is 0 Å². The minimum atomic E-state index is -0.319. The molecule has 1 heterocycles. The molecule has 0 aromatic rings. The molecular weight excluding hydrogens is 191 g/mol. The Morgan fingerprint density at radius 1 is 1.86 bits per heavy atom. The summed E-state index contributed by atoms with van der Waals surface area (Å²) in [5, 5.41) is 8.55. The summed E-state index contributed by atoms with van der Waals surface area (Å²) in [5.41, 5.74) is 0. The van der Waals surface area contributed by atoms with E-state index in [0.717, 1.165) is 0 Å². The topological polar surface area (TPSA) is 20.2 Å². The fraction of sp³-hybridized carbons (Fsp3) is 0.600. The van der Waals surface area contributed by atoms with E-state index < -0.39 is 0 Å². The van der Waals surface area contributed by atoms with Crippen molar-refractivity contribution in [1.82, 2.24) is 0 Å². The second-order valence-corrected chi connectivity index (χ2v) is 6.65. The SMILES string of the molecule is OC[C]1=CC[CH2][In]1.